The minimum Gasteiger partial charge on any atom is -0.377 e. The number of hydrogen-bond donors (Lipinski definition) is 0. The van der Waals surface area contributed by atoms with Crippen molar-refractivity contribution in [1.29, 1.82) is 0 Å². The first kappa shape index (κ1) is 22.8. The molecule has 1 fully saturated rings. The lowest BCUT2D eigenvalue weighted by atomic mass is 9.66. The monoisotopic (exact) mass is 474 g/mol. The van der Waals surface area contributed by atoms with Crippen LogP contribution in [0.4, 0.5) is 5.69 Å². The summed E-state index contributed by atoms with van der Waals surface area (Å²) >= 11 is 0. The van der Waals surface area contributed by atoms with Crippen LogP contribution in [0.2, 0.25) is 0 Å². The van der Waals surface area contributed by atoms with Crippen molar-refractivity contribution in [2.24, 2.45) is 5.41 Å². The fraction of sp³-hybridized carbons (Fsp3) is 0.321. The lowest BCUT2D eigenvalue weighted by Crippen LogP contribution is -2.49. The molecule has 0 radical (unpaired) electrons. The Balaban J connectivity index is 1.56. The lowest BCUT2D eigenvalue weighted by Gasteiger charge is -2.46. The Morgan fingerprint density at radius 2 is 1.65 bits per heavy atom. The van der Waals surface area contributed by atoms with E-state index in [0.29, 0.717) is 37.2 Å². The van der Waals surface area contributed by atoms with E-state index in [9.17, 15) is 13.2 Å². The van der Waals surface area contributed by atoms with Crippen LogP contribution >= 0.6 is 0 Å². The molecule has 0 spiro atoms. The number of allylic oxidation sites excluding steroid dienone is 1. The van der Waals surface area contributed by atoms with Crippen molar-refractivity contribution in [2.75, 3.05) is 32.1 Å². The van der Waals surface area contributed by atoms with Gasteiger partial charge < -0.3 is 4.90 Å². The molecule has 5 nitrogen and oxygen atoms in total. The second-order valence-electron chi connectivity index (χ2n) is 9.69. The molecular weight excluding hydrogens is 444 g/mol. The second-order valence-corrected chi connectivity index (χ2v) is 11.6. The fourth-order valence-corrected chi connectivity index (χ4v) is 7.32. The number of carbonyl (C=O) groups is 1. The summed E-state index contributed by atoms with van der Waals surface area (Å²) in [7, 11) is 0.206. The minimum atomic E-state index is -3.72. The van der Waals surface area contributed by atoms with Gasteiger partial charge in [0.2, 0.25) is 10.0 Å². The normalized spacial score (nSPS) is 21.2. The van der Waals surface area contributed by atoms with Crippen LogP contribution in [0.15, 0.2) is 83.3 Å². The molecule has 2 aliphatic rings. The third kappa shape index (κ3) is 3.95. The van der Waals surface area contributed by atoms with Gasteiger partial charge in [0.1, 0.15) is 0 Å². The third-order valence-electron chi connectivity index (χ3n) is 7.32. The van der Waals surface area contributed by atoms with Gasteiger partial charge in [-0.1, -0.05) is 60.2 Å². The number of hydrogen-bond acceptors (Lipinski definition) is 4. The van der Waals surface area contributed by atoms with Crippen LogP contribution in [0.1, 0.15) is 24.8 Å². The molecule has 6 heteroatoms. The molecule has 3 aromatic carbocycles. The molecule has 1 unspecified atom stereocenters. The standard InChI is InChI=1S/C28H30N2O3S/c1-29(2)26-12-6-11-25-24(26)10-7-13-27(25)34(32,33)30-17-15-22-18-23(31)14-16-28(22,20-30)19-21-8-4-3-5-9-21/h3-13,18H,14-17,19-20H2,1-2H3. The first-order chi connectivity index (χ1) is 16.3. The number of benzene rings is 3. The molecule has 0 N–H and O–H groups in total. The predicted octanol–water partition coefficient (Wildman–Crippen LogP) is 4.82. The summed E-state index contributed by atoms with van der Waals surface area (Å²) < 4.78 is 29.7. The van der Waals surface area contributed by atoms with Crippen LogP contribution in [0.5, 0.6) is 0 Å². The highest BCUT2D eigenvalue weighted by Crippen LogP contribution is 2.46. The van der Waals surface area contributed by atoms with Gasteiger partial charge in [-0.25, -0.2) is 8.42 Å². The molecule has 176 valence electrons. The van der Waals surface area contributed by atoms with Crippen molar-refractivity contribution in [3.63, 3.8) is 0 Å². The summed E-state index contributed by atoms with van der Waals surface area (Å²) in [6.45, 7) is 0.787. The highest BCUT2D eigenvalue weighted by Gasteiger charge is 2.45. The fourth-order valence-electron chi connectivity index (χ4n) is 5.59. The maximum atomic E-state index is 14.0. The highest BCUT2D eigenvalue weighted by molar-refractivity contribution is 7.89. The average molecular weight is 475 g/mol. The van der Waals surface area contributed by atoms with E-state index in [1.807, 2.05) is 67.5 Å². The van der Waals surface area contributed by atoms with Gasteiger partial charge >= 0.3 is 0 Å². The number of piperidine rings is 1. The molecule has 1 aliphatic carbocycles. The van der Waals surface area contributed by atoms with Crippen LogP contribution in [-0.4, -0.2) is 45.7 Å². The molecule has 0 aromatic heterocycles. The molecule has 1 atom stereocenters. The van der Waals surface area contributed by atoms with E-state index in [1.54, 1.807) is 16.4 Å². The van der Waals surface area contributed by atoms with Crippen LogP contribution < -0.4 is 4.90 Å². The van der Waals surface area contributed by atoms with Crippen molar-refractivity contribution in [1.82, 2.24) is 4.31 Å². The molecule has 1 aliphatic heterocycles. The summed E-state index contributed by atoms with van der Waals surface area (Å²) in [5.41, 5.74) is 2.92. The zero-order valence-corrected chi connectivity index (χ0v) is 20.5. The Morgan fingerprint density at radius 1 is 0.912 bits per heavy atom. The molecule has 5 rings (SSSR count). The first-order valence-electron chi connectivity index (χ1n) is 11.8. The maximum absolute atomic E-state index is 14.0. The summed E-state index contributed by atoms with van der Waals surface area (Å²) in [5, 5.41) is 1.67. The Bertz CT molecular complexity index is 1380. The van der Waals surface area contributed by atoms with Crippen LogP contribution in [0, 0.1) is 5.41 Å². The molecule has 34 heavy (non-hydrogen) atoms. The number of rotatable bonds is 5. The van der Waals surface area contributed by atoms with Crippen LogP contribution in [0.25, 0.3) is 10.8 Å². The Labute approximate surface area is 201 Å². The van der Waals surface area contributed by atoms with Crippen molar-refractivity contribution in [2.45, 2.75) is 30.6 Å². The summed E-state index contributed by atoms with van der Waals surface area (Å²) in [4.78, 5) is 14.6. The van der Waals surface area contributed by atoms with E-state index in [4.69, 9.17) is 0 Å². The summed E-state index contributed by atoms with van der Waals surface area (Å²) in [6, 6.07) is 21.5. The molecular formula is C28H30N2O3S. The van der Waals surface area contributed by atoms with E-state index >= 15 is 0 Å². The van der Waals surface area contributed by atoms with E-state index in [-0.39, 0.29) is 11.2 Å². The first-order valence-corrected chi connectivity index (χ1v) is 13.2. The average Bonchev–Trinajstić information content (AvgIpc) is 2.83. The van der Waals surface area contributed by atoms with E-state index in [0.717, 1.165) is 28.5 Å². The zero-order valence-electron chi connectivity index (χ0n) is 19.7. The quantitative estimate of drug-likeness (QED) is 0.532. The van der Waals surface area contributed by atoms with Crippen molar-refractivity contribution >= 4 is 32.3 Å². The summed E-state index contributed by atoms with van der Waals surface area (Å²) in [5.74, 6) is 0.153. The van der Waals surface area contributed by atoms with Gasteiger partial charge in [0, 0.05) is 55.5 Å². The van der Waals surface area contributed by atoms with Gasteiger partial charge in [-0.05, 0) is 43.0 Å². The van der Waals surface area contributed by atoms with Gasteiger partial charge in [0.15, 0.2) is 5.78 Å². The molecule has 0 saturated carbocycles. The van der Waals surface area contributed by atoms with Gasteiger partial charge in [-0.15, -0.1) is 0 Å². The van der Waals surface area contributed by atoms with Gasteiger partial charge in [-0.3, -0.25) is 4.79 Å². The molecule has 0 bridgehead atoms. The number of anilines is 1. The Morgan fingerprint density at radius 3 is 2.41 bits per heavy atom. The molecule has 3 aromatic rings. The van der Waals surface area contributed by atoms with Crippen molar-refractivity contribution in [3.8, 4) is 0 Å². The number of ketones is 1. The molecule has 0 amide bonds. The van der Waals surface area contributed by atoms with Crippen LogP contribution in [0.3, 0.4) is 0 Å². The Kier molecular flexibility index (Phi) is 5.82. The maximum Gasteiger partial charge on any atom is 0.243 e. The third-order valence-corrected chi connectivity index (χ3v) is 9.22. The van der Waals surface area contributed by atoms with E-state index < -0.39 is 10.0 Å². The molecule has 1 heterocycles. The number of nitrogens with zero attached hydrogens (tertiary/aromatic N) is 2. The van der Waals surface area contributed by atoms with Gasteiger partial charge in [0.05, 0.1) is 4.90 Å². The van der Waals surface area contributed by atoms with Crippen molar-refractivity contribution < 1.29 is 13.2 Å². The SMILES string of the molecule is CN(C)c1cccc2c(S(=O)(=O)N3CCC4=CC(=O)CCC4(Cc4ccccc4)C3)cccc12. The number of sulfonamides is 1. The van der Waals surface area contributed by atoms with Gasteiger partial charge in [-0.2, -0.15) is 4.31 Å². The Hall–Kier alpha value is -2.96. The van der Waals surface area contributed by atoms with Crippen LogP contribution in [-0.2, 0) is 21.2 Å². The highest BCUT2D eigenvalue weighted by atomic mass is 32.2. The summed E-state index contributed by atoms with van der Waals surface area (Å²) in [6.07, 6.45) is 4.26. The van der Waals surface area contributed by atoms with Crippen molar-refractivity contribution in [3.05, 3.63) is 83.9 Å². The van der Waals surface area contributed by atoms with E-state index in [2.05, 4.69) is 12.1 Å². The smallest absolute Gasteiger partial charge is 0.243 e. The topological polar surface area (TPSA) is 57.7 Å². The largest absolute Gasteiger partial charge is 0.377 e. The van der Waals surface area contributed by atoms with E-state index in [1.165, 1.54) is 5.56 Å². The predicted molar refractivity (Wildman–Crippen MR) is 137 cm³/mol. The number of fused-ring (bicyclic) bond motifs is 2. The zero-order chi connectivity index (χ0) is 23.9. The second kappa shape index (κ2) is 8.67. The lowest BCUT2D eigenvalue weighted by molar-refractivity contribution is -0.116. The number of carbonyl (C=O) groups excluding carboxylic acids is 1. The minimum absolute atomic E-state index is 0.153. The molecule has 1 saturated heterocycles. The van der Waals surface area contributed by atoms with Gasteiger partial charge in [0.25, 0.3) is 0 Å².